The molecule has 0 amide bonds. The second-order valence-corrected chi connectivity index (χ2v) is 5.16. The Kier molecular flexibility index (Phi) is 5.58. The van der Waals surface area contributed by atoms with Crippen molar-refractivity contribution in [2.45, 2.75) is 13.0 Å². The van der Waals surface area contributed by atoms with Gasteiger partial charge in [-0.3, -0.25) is 4.90 Å². The van der Waals surface area contributed by atoms with Gasteiger partial charge in [0.1, 0.15) is 0 Å². The van der Waals surface area contributed by atoms with Crippen molar-refractivity contribution in [3.05, 3.63) is 42.5 Å². The number of hydrogen-bond donors (Lipinski definition) is 1. The van der Waals surface area contributed by atoms with E-state index in [-0.39, 0.29) is 0 Å². The number of benzene rings is 1. The summed E-state index contributed by atoms with van der Waals surface area (Å²) in [5.41, 5.74) is 2.36. The molecular formula is C16H24N2O. The zero-order chi connectivity index (χ0) is 13.5. The predicted molar refractivity (Wildman–Crippen MR) is 80.2 cm³/mol. The van der Waals surface area contributed by atoms with Crippen LogP contribution in [0.15, 0.2) is 36.9 Å². The normalized spacial score (nSPS) is 18.2. The average molecular weight is 260 g/mol. The highest BCUT2D eigenvalue weighted by Gasteiger charge is 2.13. The van der Waals surface area contributed by atoms with Gasteiger partial charge >= 0.3 is 0 Å². The highest BCUT2D eigenvalue weighted by atomic mass is 16.5. The van der Waals surface area contributed by atoms with Gasteiger partial charge in [0.2, 0.25) is 0 Å². The van der Waals surface area contributed by atoms with E-state index in [9.17, 15) is 0 Å². The van der Waals surface area contributed by atoms with E-state index in [0.29, 0.717) is 6.04 Å². The topological polar surface area (TPSA) is 24.5 Å². The Morgan fingerprint density at radius 3 is 2.68 bits per heavy atom. The number of ether oxygens (including phenoxy) is 1. The van der Waals surface area contributed by atoms with Gasteiger partial charge in [0, 0.05) is 32.2 Å². The Labute approximate surface area is 116 Å². The molecule has 0 saturated carbocycles. The van der Waals surface area contributed by atoms with E-state index < -0.39 is 0 Å². The van der Waals surface area contributed by atoms with Gasteiger partial charge in [-0.15, -0.1) is 0 Å². The number of hydrogen-bond acceptors (Lipinski definition) is 3. The Bertz CT molecular complexity index is 385. The lowest BCUT2D eigenvalue weighted by Crippen LogP contribution is -2.44. The third-order valence-corrected chi connectivity index (χ3v) is 3.48. The molecule has 19 heavy (non-hydrogen) atoms. The Balaban J connectivity index is 1.71. The summed E-state index contributed by atoms with van der Waals surface area (Å²) in [5, 5.41) is 3.55. The quantitative estimate of drug-likeness (QED) is 0.847. The van der Waals surface area contributed by atoms with E-state index in [1.165, 1.54) is 5.56 Å². The maximum Gasteiger partial charge on any atom is 0.0594 e. The van der Waals surface area contributed by atoms with Crippen LogP contribution in [0.4, 0.5) is 0 Å². The third-order valence-electron chi connectivity index (χ3n) is 3.48. The third kappa shape index (κ3) is 4.78. The van der Waals surface area contributed by atoms with Crippen LogP contribution in [0.1, 0.15) is 12.5 Å². The highest BCUT2D eigenvalue weighted by molar-refractivity contribution is 5.64. The molecule has 1 aliphatic heterocycles. The molecule has 3 heteroatoms. The first-order valence-electron chi connectivity index (χ1n) is 7.02. The van der Waals surface area contributed by atoms with Crippen molar-refractivity contribution < 1.29 is 4.74 Å². The van der Waals surface area contributed by atoms with E-state index in [4.69, 9.17) is 4.74 Å². The Morgan fingerprint density at radius 1 is 1.32 bits per heavy atom. The maximum atomic E-state index is 5.36. The van der Waals surface area contributed by atoms with Crippen molar-refractivity contribution >= 4 is 5.57 Å². The number of nitrogens with zero attached hydrogens (tertiary/aromatic N) is 1. The maximum absolute atomic E-state index is 5.36. The summed E-state index contributed by atoms with van der Waals surface area (Å²) in [5.74, 6) is 0. The van der Waals surface area contributed by atoms with Crippen LogP contribution in [0.25, 0.3) is 5.57 Å². The van der Waals surface area contributed by atoms with Crippen LogP contribution in [0.5, 0.6) is 0 Å². The summed E-state index contributed by atoms with van der Waals surface area (Å²) in [6.45, 7) is 12.1. The lowest BCUT2D eigenvalue weighted by Gasteiger charge is -2.29. The van der Waals surface area contributed by atoms with Crippen LogP contribution in [-0.4, -0.2) is 50.3 Å². The van der Waals surface area contributed by atoms with Crippen LogP contribution in [0, 0.1) is 0 Å². The molecule has 1 unspecified atom stereocenters. The predicted octanol–water partition coefficient (Wildman–Crippen LogP) is 2.01. The minimum Gasteiger partial charge on any atom is -0.379 e. The molecule has 1 saturated heterocycles. The Hall–Kier alpha value is -1.16. The molecule has 1 atom stereocenters. The lowest BCUT2D eigenvalue weighted by molar-refractivity contribution is 0.0346. The summed E-state index contributed by atoms with van der Waals surface area (Å²) in [4.78, 5) is 2.45. The summed E-state index contributed by atoms with van der Waals surface area (Å²) in [6.07, 6.45) is 0. The average Bonchev–Trinajstić information content (AvgIpc) is 2.47. The van der Waals surface area contributed by atoms with E-state index in [0.717, 1.165) is 45.0 Å². The van der Waals surface area contributed by atoms with Crippen molar-refractivity contribution in [2.75, 3.05) is 39.4 Å². The van der Waals surface area contributed by atoms with Crippen molar-refractivity contribution in [3.8, 4) is 0 Å². The summed E-state index contributed by atoms with van der Waals surface area (Å²) in [6, 6.07) is 10.8. The molecule has 1 aliphatic rings. The highest BCUT2D eigenvalue weighted by Crippen LogP contribution is 2.10. The number of rotatable bonds is 6. The zero-order valence-electron chi connectivity index (χ0n) is 11.8. The van der Waals surface area contributed by atoms with E-state index in [1.807, 2.05) is 6.07 Å². The first-order valence-corrected chi connectivity index (χ1v) is 7.02. The summed E-state index contributed by atoms with van der Waals surface area (Å²) < 4.78 is 5.36. The van der Waals surface area contributed by atoms with Gasteiger partial charge in [-0.1, -0.05) is 36.9 Å². The van der Waals surface area contributed by atoms with Gasteiger partial charge in [0.05, 0.1) is 13.2 Å². The number of morpholine rings is 1. The summed E-state index contributed by atoms with van der Waals surface area (Å²) >= 11 is 0. The second-order valence-electron chi connectivity index (χ2n) is 5.16. The van der Waals surface area contributed by atoms with Crippen LogP contribution >= 0.6 is 0 Å². The van der Waals surface area contributed by atoms with Crippen molar-refractivity contribution in [1.29, 1.82) is 0 Å². The first-order chi connectivity index (χ1) is 9.25. The standard InChI is InChI=1S/C16H24N2O/c1-14(16-6-4-3-5-7-16)12-17-15(2)13-18-8-10-19-11-9-18/h3-7,15,17H,1,8-13H2,2H3. The monoisotopic (exact) mass is 260 g/mol. The first kappa shape index (κ1) is 14.3. The molecule has 1 N–H and O–H groups in total. The lowest BCUT2D eigenvalue weighted by atomic mass is 10.1. The smallest absolute Gasteiger partial charge is 0.0594 e. The fraction of sp³-hybridized carbons (Fsp3) is 0.500. The second kappa shape index (κ2) is 7.43. The minimum atomic E-state index is 0.471. The molecule has 1 heterocycles. The van der Waals surface area contributed by atoms with Crippen LogP contribution in [-0.2, 0) is 4.74 Å². The van der Waals surface area contributed by atoms with Crippen molar-refractivity contribution in [3.63, 3.8) is 0 Å². The van der Waals surface area contributed by atoms with Crippen molar-refractivity contribution in [2.24, 2.45) is 0 Å². The van der Waals surface area contributed by atoms with Gasteiger partial charge in [0.15, 0.2) is 0 Å². The largest absolute Gasteiger partial charge is 0.379 e. The molecule has 3 nitrogen and oxygen atoms in total. The number of nitrogens with one attached hydrogen (secondary N) is 1. The van der Waals surface area contributed by atoms with E-state index in [2.05, 4.69) is 48.0 Å². The molecule has 1 aromatic rings. The Morgan fingerprint density at radius 2 is 2.00 bits per heavy atom. The molecule has 1 aromatic carbocycles. The molecule has 0 aromatic heterocycles. The SMILES string of the molecule is C=C(CNC(C)CN1CCOCC1)c1ccccc1. The van der Waals surface area contributed by atoms with E-state index >= 15 is 0 Å². The molecule has 0 spiro atoms. The van der Waals surface area contributed by atoms with Gasteiger partial charge in [0.25, 0.3) is 0 Å². The van der Waals surface area contributed by atoms with Gasteiger partial charge in [-0.05, 0) is 18.1 Å². The van der Waals surface area contributed by atoms with Crippen LogP contribution in [0.3, 0.4) is 0 Å². The molecule has 104 valence electrons. The van der Waals surface area contributed by atoms with Gasteiger partial charge in [-0.2, -0.15) is 0 Å². The minimum absolute atomic E-state index is 0.471. The molecule has 1 fully saturated rings. The zero-order valence-corrected chi connectivity index (χ0v) is 11.8. The van der Waals surface area contributed by atoms with Crippen molar-refractivity contribution in [1.82, 2.24) is 10.2 Å². The molecular weight excluding hydrogens is 236 g/mol. The summed E-state index contributed by atoms with van der Waals surface area (Å²) in [7, 11) is 0. The van der Waals surface area contributed by atoms with Gasteiger partial charge in [-0.25, -0.2) is 0 Å². The van der Waals surface area contributed by atoms with Gasteiger partial charge < -0.3 is 10.1 Å². The fourth-order valence-electron chi connectivity index (χ4n) is 2.31. The van der Waals surface area contributed by atoms with E-state index in [1.54, 1.807) is 0 Å². The van der Waals surface area contributed by atoms with Crippen LogP contribution in [0.2, 0.25) is 0 Å². The molecule has 0 aliphatic carbocycles. The fourth-order valence-corrected chi connectivity index (χ4v) is 2.31. The molecule has 0 bridgehead atoms. The molecule has 2 rings (SSSR count). The van der Waals surface area contributed by atoms with Crippen LogP contribution < -0.4 is 5.32 Å². The molecule has 0 radical (unpaired) electrons.